The largest absolute Gasteiger partial charge is 0.394 e. The summed E-state index contributed by atoms with van der Waals surface area (Å²) in [6, 6.07) is 0. The SMILES string of the molecule is Cc1cn([C@@H]2O[C@H](CO)[C@H]3OC(C)(C)O[C@H]32)c(=S)[nH]c1=O. The van der Waals surface area contributed by atoms with E-state index in [9.17, 15) is 9.90 Å². The summed E-state index contributed by atoms with van der Waals surface area (Å²) in [5, 5.41) is 9.46. The van der Waals surface area contributed by atoms with Gasteiger partial charge in [0.25, 0.3) is 5.56 Å². The average Bonchev–Trinajstić information content (AvgIpc) is 2.87. The van der Waals surface area contributed by atoms with E-state index in [2.05, 4.69) is 4.98 Å². The van der Waals surface area contributed by atoms with Gasteiger partial charge < -0.3 is 19.3 Å². The molecule has 0 amide bonds. The molecule has 116 valence electrons. The molecule has 2 aliphatic rings. The van der Waals surface area contributed by atoms with Crippen LogP contribution in [0.25, 0.3) is 0 Å². The lowest BCUT2D eigenvalue weighted by Gasteiger charge is -2.25. The highest BCUT2D eigenvalue weighted by molar-refractivity contribution is 7.71. The van der Waals surface area contributed by atoms with Gasteiger partial charge in [-0.15, -0.1) is 0 Å². The zero-order valence-corrected chi connectivity index (χ0v) is 12.8. The summed E-state index contributed by atoms with van der Waals surface area (Å²) in [4.78, 5) is 14.2. The molecule has 8 heteroatoms. The van der Waals surface area contributed by atoms with Gasteiger partial charge in [0, 0.05) is 11.8 Å². The summed E-state index contributed by atoms with van der Waals surface area (Å²) in [5.41, 5.74) is 0.294. The maximum absolute atomic E-state index is 11.6. The molecular weight excluding hydrogens is 296 g/mol. The number of ether oxygens (including phenoxy) is 3. The van der Waals surface area contributed by atoms with Crippen LogP contribution in [0, 0.1) is 11.7 Å². The highest BCUT2D eigenvalue weighted by atomic mass is 32.1. The molecule has 0 aromatic carbocycles. The normalized spacial score (nSPS) is 34.1. The molecule has 1 aromatic rings. The van der Waals surface area contributed by atoms with Gasteiger partial charge in [0.2, 0.25) is 0 Å². The molecule has 2 aliphatic heterocycles. The van der Waals surface area contributed by atoms with Gasteiger partial charge in [0.1, 0.15) is 18.3 Å². The van der Waals surface area contributed by atoms with Crippen molar-refractivity contribution in [3.63, 3.8) is 0 Å². The van der Waals surface area contributed by atoms with Crippen molar-refractivity contribution in [2.24, 2.45) is 0 Å². The highest BCUT2D eigenvalue weighted by Gasteiger charge is 2.55. The predicted octanol–water partition coefficient (Wildman–Crippen LogP) is 0.624. The maximum atomic E-state index is 11.6. The van der Waals surface area contributed by atoms with Crippen LogP contribution in [0.3, 0.4) is 0 Å². The molecule has 0 spiro atoms. The topological polar surface area (TPSA) is 85.7 Å². The first kappa shape index (κ1) is 14.9. The second-order valence-corrected chi connectivity index (χ2v) is 6.18. The second-order valence-electron chi connectivity index (χ2n) is 5.79. The van der Waals surface area contributed by atoms with Gasteiger partial charge in [0.15, 0.2) is 16.8 Å². The summed E-state index contributed by atoms with van der Waals surface area (Å²) in [7, 11) is 0. The fourth-order valence-corrected chi connectivity index (χ4v) is 3.05. The molecule has 2 saturated heterocycles. The molecule has 0 saturated carbocycles. The van der Waals surface area contributed by atoms with E-state index >= 15 is 0 Å². The Kier molecular flexibility index (Phi) is 3.53. The standard InChI is InChI=1S/C13H18N2O5S/c1-6-4-15(12(21)14-10(6)17)11-9-8(7(5-16)18-11)19-13(2,3)20-9/h4,7-9,11,16H,5H2,1-3H3,(H,14,17,21)/t7-,8-,9-,11-/m1/s1. The number of rotatable bonds is 2. The number of aromatic amines is 1. The van der Waals surface area contributed by atoms with Gasteiger partial charge in [-0.2, -0.15) is 0 Å². The molecule has 3 rings (SSSR count). The lowest BCUT2D eigenvalue weighted by molar-refractivity contribution is -0.200. The third kappa shape index (κ3) is 2.47. The number of H-pyrrole nitrogens is 1. The van der Waals surface area contributed by atoms with Gasteiger partial charge in [-0.1, -0.05) is 0 Å². The van der Waals surface area contributed by atoms with Crippen molar-refractivity contribution >= 4 is 12.2 Å². The Morgan fingerprint density at radius 2 is 2.10 bits per heavy atom. The van der Waals surface area contributed by atoms with Crippen LogP contribution >= 0.6 is 12.2 Å². The Morgan fingerprint density at radius 3 is 2.76 bits per heavy atom. The third-order valence-electron chi connectivity index (χ3n) is 3.73. The minimum absolute atomic E-state index is 0.174. The van der Waals surface area contributed by atoms with Crippen molar-refractivity contribution in [1.29, 1.82) is 0 Å². The maximum Gasteiger partial charge on any atom is 0.254 e. The summed E-state index contributed by atoms with van der Waals surface area (Å²) in [6.07, 6.45) is -0.164. The highest BCUT2D eigenvalue weighted by Crippen LogP contribution is 2.42. The number of aromatic nitrogens is 2. The number of aliphatic hydroxyl groups excluding tert-OH is 1. The average molecular weight is 314 g/mol. The van der Waals surface area contributed by atoms with Gasteiger partial charge >= 0.3 is 0 Å². The number of nitrogens with one attached hydrogen (secondary N) is 1. The molecular formula is C13H18N2O5S. The van der Waals surface area contributed by atoms with E-state index < -0.39 is 24.2 Å². The Hall–Kier alpha value is -1.06. The molecule has 0 aliphatic carbocycles. The molecule has 21 heavy (non-hydrogen) atoms. The quantitative estimate of drug-likeness (QED) is 0.779. The fraction of sp³-hybridized carbons (Fsp3) is 0.692. The van der Waals surface area contributed by atoms with Crippen LogP contribution < -0.4 is 5.56 Å². The van der Waals surface area contributed by atoms with E-state index in [0.29, 0.717) is 5.56 Å². The van der Waals surface area contributed by atoms with E-state index in [1.807, 2.05) is 13.8 Å². The molecule has 1 aromatic heterocycles. The molecule has 3 heterocycles. The predicted molar refractivity (Wildman–Crippen MR) is 75.4 cm³/mol. The van der Waals surface area contributed by atoms with Crippen molar-refractivity contribution in [1.82, 2.24) is 9.55 Å². The van der Waals surface area contributed by atoms with E-state index in [-0.39, 0.29) is 23.0 Å². The van der Waals surface area contributed by atoms with Crippen LogP contribution in [0.5, 0.6) is 0 Å². The molecule has 7 nitrogen and oxygen atoms in total. The van der Waals surface area contributed by atoms with Crippen molar-refractivity contribution in [3.05, 3.63) is 26.9 Å². The molecule has 4 atom stereocenters. The van der Waals surface area contributed by atoms with Gasteiger partial charge in [-0.25, -0.2) is 0 Å². The summed E-state index contributed by atoms with van der Waals surface area (Å²) in [6.45, 7) is 5.14. The number of hydrogen-bond acceptors (Lipinski definition) is 6. The number of fused-ring (bicyclic) bond motifs is 1. The summed E-state index contributed by atoms with van der Waals surface area (Å²) >= 11 is 5.20. The van der Waals surface area contributed by atoms with Gasteiger partial charge in [-0.3, -0.25) is 14.3 Å². The first-order valence-corrected chi connectivity index (χ1v) is 7.17. The van der Waals surface area contributed by atoms with Crippen molar-refractivity contribution in [2.75, 3.05) is 6.61 Å². The first-order chi connectivity index (χ1) is 9.82. The minimum Gasteiger partial charge on any atom is -0.394 e. The van der Waals surface area contributed by atoms with E-state index in [0.717, 1.165) is 0 Å². The Morgan fingerprint density at radius 1 is 1.43 bits per heavy atom. The summed E-state index contributed by atoms with van der Waals surface area (Å²) in [5.74, 6) is -0.746. The Balaban J connectivity index is 2.01. The lowest BCUT2D eigenvalue weighted by Crippen LogP contribution is -2.31. The van der Waals surface area contributed by atoms with Crippen LogP contribution in [-0.4, -0.2) is 45.4 Å². The van der Waals surface area contributed by atoms with Crippen LogP contribution in [0.15, 0.2) is 11.0 Å². The molecule has 0 bridgehead atoms. The van der Waals surface area contributed by atoms with Gasteiger partial charge in [0.05, 0.1) is 6.61 Å². The van der Waals surface area contributed by atoms with E-state index in [4.69, 9.17) is 26.4 Å². The Labute approximate surface area is 126 Å². The molecule has 0 radical (unpaired) electrons. The van der Waals surface area contributed by atoms with Gasteiger partial charge in [-0.05, 0) is 33.0 Å². The zero-order valence-electron chi connectivity index (χ0n) is 12.0. The van der Waals surface area contributed by atoms with Crippen LogP contribution in [-0.2, 0) is 14.2 Å². The molecule has 2 fully saturated rings. The number of nitrogens with zero attached hydrogens (tertiary/aromatic N) is 1. The Bertz CT molecular complexity index is 667. The lowest BCUT2D eigenvalue weighted by atomic mass is 10.1. The van der Waals surface area contributed by atoms with Crippen molar-refractivity contribution in [2.45, 2.75) is 51.1 Å². The zero-order chi connectivity index (χ0) is 15.4. The summed E-state index contributed by atoms with van der Waals surface area (Å²) < 4.78 is 19.4. The second kappa shape index (κ2) is 4.99. The number of aliphatic hydroxyl groups is 1. The van der Waals surface area contributed by atoms with Crippen molar-refractivity contribution in [3.8, 4) is 0 Å². The van der Waals surface area contributed by atoms with Crippen LogP contribution in [0.4, 0.5) is 0 Å². The smallest absolute Gasteiger partial charge is 0.254 e. The molecule has 2 N–H and O–H groups in total. The molecule has 0 unspecified atom stereocenters. The first-order valence-electron chi connectivity index (χ1n) is 6.76. The van der Waals surface area contributed by atoms with Crippen LogP contribution in [0.1, 0.15) is 25.6 Å². The fourth-order valence-electron chi connectivity index (χ4n) is 2.81. The van der Waals surface area contributed by atoms with E-state index in [1.165, 1.54) is 0 Å². The monoisotopic (exact) mass is 314 g/mol. The third-order valence-corrected chi connectivity index (χ3v) is 4.04. The van der Waals surface area contributed by atoms with E-state index in [1.54, 1.807) is 17.7 Å². The van der Waals surface area contributed by atoms with Crippen molar-refractivity contribution < 1.29 is 19.3 Å². The number of hydrogen-bond donors (Lipinski definition) is 2. The van der Waals surface area contributed by atoms with Crippen LogP contribution in [0.2, 0.25) is 0 Å². The minimum atomic E-state index is -0.746. The number of aryl methyl sites for hydroxylation is 1.